The zero-order valence-corrected chi connectivity index (χ0v) is 15.9. The van der Waals surface area contributed by atoms with Crippen molar-refractivity contribution in [2.24, 2.45) is 5.92 Å². The summed E-state index contributed by atoms with van der Waals surface area (Å²) in [6.07, 6.45) is 4.25. The molecule has 0 spiro atoms. The van der Waals surface area contributed by atoms with Crippen LogP contribution >= 0.6 is 0 Å². The van der Waals surface area contributed by atoms with E-state index in [9.17, 15) is 4.79 Å². The van der Waals surface area contributed by atoms with Gasteiger partial charge in [-0.15, -0.1) is 0 Å². The van der Waals surface area contributed by atoms with Crippen LogP contribution in [0.15, 0.2) is 36.5 Å². The highest BCUT2D eigenvalue weighted by Gasteiger charge is 2.18. The van der Waals surface area contributed by atoms with Crippen LogP contribution in [-0.4, -0.2) is 47.4 Å². The number of rotatable bonds is 5. The summed E-state index contributed by atoms with van der Waals surface area (Å²) in [5.41, 5.74) is 2.15. The van der Waals surface area contributed by atoms with Gasteiger partial charge in [0.05, 0.1) is 6.04 Å². The summed E-state index contributed by atoms with van der Waals surface area (Å²) in [7, 11) is 2.14. The number of carbonyl (C=O) groups is 1. The van der Waals surface area contributed by atoms with Gasteiger partial charge in [0.2, 0.25) is 0 Å². The van der Waals surface area contributed by atoms with Crippen LogP contribution in [0.2, 0.25) is 0 Å². The van der Waals surface area contributed by atoms with Crippen LogP contribution in [0.5, 0.6) is 0 Å². The first-order chi connectivity index (χ1) is 12.5. The Morgan fingerprint density at radius 2 is 1.96 bits per heavy atom. The first kappa shape index (κ1) is 18.5. The van der Waals surface area contributed by atoms with E-state index < -0.39 is 0 Å². The van der Waals surface area contributed by atoms with Crippen LogP contribution < -0.4 is 10.6 Å². The molecule has 1 atom stereocenters. The van der Waals surface area contributed by atoms with Crippen molar-refractivity contribution >= 4 is 11.8 Å². The number of aryl methyl sites for hydroxylation is 1. The van der Waals surface area contributed by atoms with Gasteiger partial charge in [-0.3, -0.25) is 10.00 Å². The second kappa shape index (κ2) is 8.36. The minimum atomic E-state index is -0.176. The molecule has 0 radical (unpaired) electrons. The second-order valence-corrected chi connectivity index (χ2v) is 7.31. The highest BCUT2D eigenvalue weighted by molar-refractivity contribution is 5.88. The molecule has 3 rings (SSSR count). The fourth-order valence-corrected chi connectivity index (χ4v) is 3.34. The van der Waals surface area contributed by atoms with E-state index in [0.29, 0.717) is 11.7 Å². The lowest BCUT2D eigenvalue weighted by atomic mass is 9.97. The maximum absolute atomic E-state index is 12.2. The monoisotopic (exact) mass is 355 g/mol. The molecule has 2 aromatic rings. The van der Waals surface area contributed by atoms with E-state index in [1.165, 1.54) is 5.56 Å². The first-order valence-corrected chi connectivity index (χ1v) is 9.37. The first-order valence-electron chi connectivity index (χ1n) is 9.37. The molecule has 6 nitrogen and oxygen atoms in total. The molecule has 2 amide bonds. The molecule has 6 heteroatoms. The van der Waals surface area contributed by atoms with Crippen LogP contribution in [0, 0.1) is 12.8 Å². The number of aromatic nitrogens is 2. The standard InChI is InChI=1S/C20H29N5O/c1-15-14-25(16(2)18-7-5-4-6-8-18)23-19(15)22-20(26)21-13-17-9-11-24(3)12-10-17/h4-8,14,16-17H,9-13H2,1-3H3,(H2,21,22,23,26)/t16-/m0/s1. The largest absolute Gasteiger partial charge is 0.338 e. The normalized spacial score (nSPS) is 17.0. The molecular formula is C20H29N5O. The summed E-state index contributed by atoms with van der Waals surface area (Å²) in [6.45, 7) is 7.00. The van der Waals surface area contributed by atoms with Gasteiger partial charge in [-0.25, -0.2) is 4.79 Å². The van der Waals surface area contributed by atoms with E-state index in [1.807, 2.05) is 36.0 Å². The molecule has 0 saturated carbocycles. The number of urea groups is 1. The number of likely N-dealkylation sites (tertiary alicyclic amines) is 1. The van der Waals surface area contributed by atoms with Crippen molar-refractivity contribution < 1.29 is 4.79 Å². The number of hydrogen-bond acceptors (Lipinski definition) is 3. The molecule has 1 aromatic heterocycles. The molecule has 1 aliphatic heterocycles. The molecule has 0 aliphatic carbocycles. The van der Waals surface area contributed by atoms with Crippen molar-refractivity contribution in [2.75, 3.05) is 32.0 Å². The molecule has 1 aliphatic rings. The molecule has 26 heavy (non-hydrogen) atoms. The molecule has 2 N–H and O–H groups in total. The average molecular weight is 355 g/mol. The maximum Gasteiger partial charge on any atom is 0.320 e. The van der Waals surface area contributed by atoms with E-state index in [0.717, 1.165) is 38.0 Å². The number of benzene rings is 1. The second-order valence-electron chi connectivity index (χ2n) is 7.31. The predicted octanol–water partition coefficient (Wildman–Crippen LogP) is 3.26. The molecule has 0 unspecified atom stereocenters. The van der Waals surface area contributed by atoms with Gasteiger partial charge in [-0.05, 0) is 58.3 Å². The third kappa shape index (κ3) is 4.64. The third-order valence-corrected chi connectivity index (χ3v) is 5.22. The van der Waals surface area contributed by atoms with Crippen LogP contribution in [0.3, 0.4) is 0 Å². The Balaban J connectivity index is 1.55. The Morgan fingerprint density at radius 1 is 1.27 bits per heavy atom. The number of hydrogen-bond donors (Lipinski definition) is 2. The van der Waals surface area contributed by atoms with Gasteiger partial charge in [0, 0.05) is 18.3 Å². The lowest BCUT2D eigenvalue weighted by Crippen LogP contribution is -2.38. The minimum absolute atomic E-state index is 0.118. The zero-order valence-electron chi connectivity index (χ0n) is 15.9. The molecule has 140 valence electrons. The Labute approximate surface area is 155 Å². The highest BCUT2D eigenvalue weighted by Crippen LogP contribution is 2.21. The van der Waals surface area contributed by atoms with Crippen molar-refractivity contribution in [3.05, 3.63) is 47.7 Å². The van der Waals surface area contributed by atoms with Gasteiger partial charge >= 0.3 is 6.03 Å². The quantitative estimate of drug-likeness (QED) is 0.865. The van der Waals surface area contributed by atoms with Crippen LogP contribution in [0.25, 0.3) is 0 Å². The average Bonchev–Trinajstić information content (AvgIpc) is 3.02. The Bertz CT molecular complexity index is 719. The van der Waals surface area contributed by atoms with Crippen molar-refractivity contribution in [3.63, 3.8) is 0 Å². The molecule has 2 heterocycles. The Kier molecular flexibility index (Phi) is 5.93. The SMILES string of the molecule is Cc1cn([C@@H](C)c2ccccc2)nc1NC(=O)NCC1CCN(C)CC1. The number of anilines is 1. The number of nitrogens with zero attached hydrogens (tertiary/aromatic N) is 3. The van der Waals surface area contributed by atoms with Gasteiger partial charge in [0.25, 0.3) is 0 Å². The van der Waals surface area contributed by atoms with Gasteiger partial charge in [0.15, 0.2) is 5.82 Å². The van der Waals surface area contributed by atoms with Gasteiger partial charge in [-0.2, -0.15) is 5.10 Å². The predicted molar refractivity (Wildman–Crippen MR) is 104 cm³/mol. The Hall–Kier alpha value is -2.34. The molecule has 1 fully saturated rings. The van der Waals surface area contributed by atoms with Crippen molar-refractivity contribution in [1.82, 2.24) is 20.0 Å². The summed E-state index contributed by atoms with van der Waals surface area (Å²) in [5, 5.41) is 10.5. The fourth-order valence-electron chi connectivity index (χ4n) is 3.34. The summed E-state index contributed by atoms with van der Waals surface area (Å²) in [4.78, 5) is 14.6. The zero-order chi connectivity index (χ0) is 18.5. The minimum Gasteiger partial charge on any atom is -0.338 e. The smallest absolute Gasteiger partial charge is 0.320 e. The molecular weight excluding hydrogens is 326 g/mol. The lowest BCUT2D eigenvalue weighted by Gasteiger charge is -2.28. The fraction of sp³-hybridized carbons (Fsp3) is 0.500. The van der Waals surface area contributed by atoms with Crippen molar-refractivity contribution in [3.8, 4) is 0 Å². The summed E-state index contributed by atoms with van der Waals surface area (Å²) < 4.78 is 1.90. The lowest BCUT2D eigenvalue weighted by molar-refractivity contribution is 0.213. The number of nitrogens with one attached hydrogen (secondary N) is 2. The number of carbonyl (C=O) groups excluding carboxylic acids is 1. The van der Waals surface area contributed by atoms with Crippen LogP contribution in [0.4, 0.5) is 10.6 Å². The van der Waals surface area contributed by atoms with Gasteiger partial charge < -0.3 is 10.2 Å². The van der Waals surface area contributed by atoms with E-state index >= 15 is 0 Å². The molecule has 0 bridgehead atoms. The van der Waals surface area contributed by atoms with E-state index in [1.54, 1.807) is 0 Å². The van der Waals surface area contributed by atoms with Crippen molar-refractivity contribution in [2.45, 2.75) is 32.7 Å². The van der Waals surface area contributed by atoms with Crippen LogP contribution in [0.1, 0.15) is 36.9 Å². The summed E-state index contributed by atoms with van der Waals surface area (Å²) in [5.74, 6) is 1.18. The number of amides is 2. The molecule has 1 aromatic carbocycles. The van der Waals surface area contributed by atoms with Gasteiger partial charge in [0.1, 0.15) is 0 Å². The van der Waals surface area contributed by atoms with Crippen molar-refractivity contribution in [1.29, 1.82) is 0 Å². The van der Waals surface area contributed by atoms with E-state index in [4.69, 9.17) is 0 Å². The number of piperidine rings is 1. The maximum atomic E-state index is 12.2. The Morgan fingerprint density at radius 3 is 2.65 bits per heavy atom. The topological polar surface area (TPSA) is 62.2 Å². The van der Waals surface area contributed by atoms with E-state index in [2.05, 4.69) is 46.7 Å². The highest BCUT2D eigenvalue weighted by atomic mass is 16.2. The van der Waals surface area contributed by atoms with Crippen LogP contribution in [-0.2, 0) is 0 Å². The van der Waals surface area contributed by atoms with E-state index in [-0.39, 0.29) is 12.1 Å². The third-order valence-electron chi connectivity index (χ3n) is 5.22. The summed E-state index contributed by atoms with van der Waals surface area (Å²) in [6, 6.07) is 10.2. The van der Waals surface area contributed by atoms with Gasteiger partial charge in [-0.1, -0.05) is 30.3 Å². The molecule has 1 saturated heterocycles. The summed E-state index contributed by atoms with van der Waals surface area (Å²) >= 11 is 0.